The molecule has 0 aromatic rings. The molecule has 0 aromatic heterocycles. The van der Waals surface area contributed by atoms with E-state index >= 15 is 0 Å². The van der Waals surface area contributed by atoms with Gasteiger partial charge in [0.1, 0.15) is 6.29 Å². The lowest BCUT2D eigenvalue weighted by atomic mass is 9.70. The Morgan fingerprint density at radius 2 is 1.77 bits per heavy atom. The maximum absolute atomic E-state index is 10.4. The predicted octanol–water partition coefficient (Wildman–Crippen LogP) is 6.11. The molecule has 120 valence electrons. The number of allylic oxidation sites excluding steroid dienone is 10. The van der Waals surface area contributed by atoms with E-state index in [0.717, 1.165) is 11.9 Å². The van der Waals surface area contributed by atoms with Gasteiger partial charge >= 0.3 is 0 Å². The fraction of sp³-hybridized carbons (Fsp3) is 0.476. The molecule has 0 fully saturated rings. The lowest BCUT2D eigenvalue weighted by Gasteiger charge is -2.35. The highest BCUT2D eigenvalue weighted by molar-refractivity contribution is 5.66. The standard InChI is InChI=1S/C21H30O/c1-16(12-14-22)9-7-10-17(2)15-19(4)20-18(3)11-8-13-21(20,5)6/h7,9-10,12,14-15H,8,11,13H2,1-6H3. The Labute approximate surface area is 136 Å². The van der Waals surface area contributed by atoms with Crippen LogP contribution in [0.5, 0.6) is 0 Å². The summed E-state index contributed by atoms with van der Waals surface area (Å²) >= 11 is 0. The van der Waals surface area contributed by atoms with Gasteiger partial charge in [-0.25, -0.2) is 0 Å². The Bertz CT molecular complexity index is 563. The van der Waals surface area contributed by atoms with Crippen LogP contribution in [0, 0.1) is 5.41 Å². The van der Waals surface area contributed by atoms with Crippen LogP contribution >= 0.6 is 0 Å². The minimum atomic E-state index is 0.280. The van der Waals surface area contributed by atoms with Crippen molar-refractivity contribution in [2.75, 3.05) is 0 Å². The smallest absolute Gasteiger partial charge is 0.143 e. The molecule has 22 heavy (non-hydrogen) atoms. The Hall–Kier alpha value is -1.63. The molecule has 0 N–H and O–H groups in total. The molecule has 0 atom stereocenters. The quantitative estimate of drug-likeness (QED) is 0.340. The van der Waals surface area contributed by atoms with Gasteiger partial charge in [0.15, 0.2) is 0 Å². The van der Waals surface area contributed by atoms with Gasteiger partial charge in [-0.2, -0.15) is 0 Å². The molecule has 0 unspecified atom stereocenters. The van der Waals surface area contributed by atoms with Crippen LogP contribution in [-0.4, -0.2) is 6.29 Å². The van der Waals surface area contributed by atoms with Crippen molar-refractivity contribution in [1.29, 1.82) is 0 Å². The van der Waals surface area contributed by atoms with Crippen LogP contribution in [0.3, 0.4) is 0 Å². The number of hydrogen-bond donors (Lipinski definition) is 0. The van der Waals surface area contributed by atoms with Crippen molar-refractivity contribution in [1.82, 2.24) is 0 Å². The van der Waals surface area contributed by atoms with Crippen LogP contribution in [0.15, 0.2) is 58.2 Å². The Balaban J connectivity index is 2.96. The molecule has 0 saturated heterocycles. The summed E-state index contributed by atoms with van der Waals surface area (Å²) in [5.41, 5.74) is 6.93. The fourth-order valence-electron chi connectivity index (χ4n) is 3.47. The van der Waals surface area contributed by atoms with Crippen LogP contribution in [0.2, 0.25) is 0 Å². The Morgan fingerprint density at radius 3 is 2.36 bits per heavy atom. The SMILES string of the molecule is CC(C=CC=C(C)C=C(C)C1=C(C)CCCC1(C)C)=CC=O. The molecule has 0 bridgehead atoms. The first kappa shape index (κ1) is 18.4. The minimum absolute atomic E-state index is 0.280. The summed E-state index contributed by atoms with van der Waals surface area (Å²) in [5.74, 6) is 0. The van der Waals surface area contributed by atoms with Gasteiger partial charge < -0.3 is 0 Å². The highest BCUT2D eigenvalue weighted by Crippen LogP contribution is 2.43. The number of aldehydes is 1. The van der Waals surface area contributed by atoms with E-state index in [0.29, 0.717) is 0 Å². The van der Waals surface area contributed by atoms with Crippen molar-refractivity contribution < 1.29 is 4.79 Å². The summed E-state index contributed by atoms with van der Waals surface area (Å²) < 4.78 is 0. The molecule has 1 heteroatoms. The van der Waals surface area contributed by atoms with Crippen LogP contribution in [-0.2, 0) is 4.79 Å². The Morgan fingerprint density at radius 1 is 1.09 bits per heavy atom. The fourth-order valence-corrected chi connectivity index (χ4v) is 3.47. The maximum atomic E-state index is 10.4. The largest absolute Gasteiger partial charge is 0.299 e. The predicted molar refractivity (Wildman–Crippen MR) is 96.8 cm³/mol. The molecular formula is C21H30O. The van der Waals surface area contributed by atoms with E-state index in [4.69, 9.17) is 0 Å². The second-order valence-corrected chi connectivity index (χ2v) is 7.04. The van der Waals surface area contributed by atoms with Crippen molar-refractivity contribution in [3.8, 4) is 0 Å². The first-order valence-electron chi connectivity index (χ1n) is 8.14. The van der Waals surface area contributed by atoms with E-state index in [1.54, 1.807) is 6.08 Å². The second kappa shape index (κ2) is 8.12. The van der Waals surface area contributed by atoms with Gasteiger partial charge in [0.05, 0.1) is 0 Å². The first-order chi connectivity index (χ1) is 10.3. The van der Waals surface area contributed by atoms with Gasteiger partial charge in [0.2, 0.25) is 0 Å². The van der Waals surface area contributed by atoms with Crippen molar-refractivity contribution >= 4 is 6.29 Å². The molecule has 0 aromatic carbocycles. The van der Waals surface area contributed by atoms with Gasteiger partial charge in [0, 0.05) is 0 Å². The van der Waals surface area contributed by atoms with E-state index < -0.39 is 0 Å². The third kappa shape index (κ3) is 5.29. The molecule has 0 spiro atoms. The van der Waals surface area contributed by atoms with Crippen molar-refractivity contribution in [2.45, 2.75) is 60.8 Å². The third-order valence-corrected chi connectivity index (χ3v) is 4.34. The lowest BCUT2D eigenvalue weighted by Crippen LogP contribution is -2.21. The van der Waals surface area contributed by atoms with Gasteiger partial charge in [-0.05, 0) is 75.2 Å². The van der Waals surface area contributed by atoms with Crippen molar-refractivity contribution in [2.24, 2.45) is 5.41 Å². The zero-order valence-electron chi connectivity index (χ0n) is 15.0. The van der Waals surface area contributed by atoms with Crippen molar-refractivity contribution in [3.05, 3.63) is 58.2 Å². The molecule has 0 aliphatic heterocycles. The third-order valence-electron chi connectivity index (χ3n) is 4.34. The normalized spacial score (nSPS) is 20.7. The highest BCUT2D eigenvalue weighted by Gasteiger charge is 2.28. The highest BCUT2D eigenvalue weighted by atomic mass is 16.1. The van der Waals surface area contributed by atoms with E-state index in [1.165, 1.54) is 41.6 Å². The topological polar surface area (TPSA) is 17.1 Å². The first-order valence-corrected chi connectivity index (χ1v) is 8.14. The van der Waals surface area contributed by atoms with Crippen LogP contribution in [0.4, 0.5) is 0 Å². The summed E-state index contributed by atoms with van der Waals surface area (Å²) in [6.07, 6.45) is 14.5. The average molecular weight is 298 g/mol. The molecule has 1 rings (SSSR count). The summed E-state index contributed by atoms with van der Waals surface area (Å²) in [4.78, 5) is 10.4. The number of rotatable bonds is 5. The summed E-state index contributed by atoms with van der Waals surface area (Å²) in [6.45, 7) is 13.3. The number of carbonyl (C=O) groups excluding carboxylic acids is 1. The summed E-state index contributed by atoms with van der Waals surface area (Å²) in [6, 6.07) is 0. The molecule has 0 amide bonds. The van der Waals surface area contributed by atoms with E-state index in [2.05, 4.69) is 46.8 Å². The van der Waals surface area contributed by atoms with Crippen LogP contribution in [0.25, 0.3) is 0 Å². The van der Waals surface area contributed by atoms with Gasteiger partial charge in [-0.15, -0.1) is 0 Å². The minimum Gasteiger partial charge on any atom is -0.299 e. The van der Waals surface area contributed by atoms with Gasteiger partial charge in [-0.1, -0.05) is 49.3 Å². The number of hydrogen-bond acceptors (Lipinski definition) is 1. The molecule has 0 heterocycles. The molecular weight excluding hydrogens is 268 g/mol. The van der Waals surface area contributed by atoms with E-state index in [1.807, 2.05) is 19.1 Å². The summed E-state index contributed by atoms with van der Waals surface area (Å²) in [5, 5.41) is 0. The van der Waals surface area contributed by atoms with Gasteiger partial charge in [0.25, 0.3) is 0 Å². The second-order valence-electron chi connectivity index (χ2n) is 7.04. The number of carbonyl (C=O) groups is 1. The zero-order chi connectivity index (χ0) is 16.8. The van der Waals surface area contributed by atoms with E-state index in [9.17, 15) is 4.79 Å². The van der Waals surface area contributed by atoms with E-state index in [-0.39, 0.29) is 5.41 Å². The zero-order valence-corrected chi connectivity index (χ0v) is 15.0. The van der Waals surface area contributed by atoms with Crippen LogP contribution in [0.1, 0.15) is 60.8 Å². The molecule has 0 saturated carbocycles. The monoisotopic (exact) mass is 298 g/mol. The van der Waals surface area contributed by atoms with Crippen molar-refractivity contribution in [3.63, 3.8) is 0 Å². The molecule has 1 nitrogen and oxygen atoms in total. The maximum Gasteiger partial charge on any atom is 0.143 e. The van der Waals surface area contributed by atoms with Gasteiger partial charge in [-0.3, -0.25) is 4.79 Å². The lowest BCUT2D eigenvalue weighted by molar-refractivity contribution is -0.104. The molecule has 1 aliphatic rings. The Kier molecular flexibility index (Phi) is 6.80. The molecule has 1 aliphatic carbocycles. The summed E-state index contributed by atoms with van der Waals surface area (Å²) in [7, 11) is 0. The molecule has 0 radical (unpaired) electrons. The average Bonchev–Trinajstić information content (AvgIpc) is 2.37. The van der Waals surface area contributed by atoms with Crippen LogP contribution < -0.4 is 0 Å².